The first kappa shape index (κ1) is 23.3. The van der Waals surface area contributed by atoms with Crippen LogP contribution in [0.5, 0.6) is 0 Å². The quantitative estimate of drug-likeness (QED) is 0.471. The third kappa shape index (κ3) is 6.56. The van der Waals surface area contributed by atoms with E-state index in [2.05, 4.69) is 29.4 Å². The maximum atomic E-state index is 12.6. The zero-order valence-electron chi connectivity index (χ0n) is 18.5. The minimum atomic E-state index is -0.334. The number of amides is 1. The molecule has 1 amide bonds. The average molecular weight is 445 g/mol. The summed E-state index contributed by atoms with van der Waals surface area (Å²) in [6.07, 6.45) is 3.48. The number of nitrogens with one attached hydrogen (secondary N) is 1. The van der Waals surface area contributed by atoms with Gasteiger partial charge in [0.15, 0.2) is 5.16 Å². The second-order valence-electron chi connectivity index (χ2n) is 8.18. The van der Waals surface area contributed by atoms with Gasteiger partial charge in [-0.05, 0) is 30.7 Å². The number of carbonyl (C=O) groups is 2. The van der Waals surface area contributed by atoms with Gasteiger partial charge in [-0.15, -0.1) is 10.2 Å². The van der Waals surface area contributed by atoms with Crippen LogP contribution in [-0.4, -0.2) is 45.0 Å². The van der Waals surface area contributed by atoms with Crippen molar-refractivity contribution in [2.75, 3.05) is 12.4 Å². The molecule has 8 heteroatoms. The summed E-state index contributed by atoms with van der Waals surface area (Å²) in [5.74, 6) is 1.60. The van der Waals surface area contributed by atoms with Gasteiger partial charge in [0, 0.05) is 6.04 Å². The highest BCUT2D eigenvalue weighted by Crippen LogP contribution is 2.29. The molecule has 2 aromatic rings. The summed E-state index contributed by atoms with van der Waals surface area (Å²) in [4.78, 5) is 24.6. The van der Waals surface area contributed by atoms with Crippen molar-refractivity contribution in [2.45, 2.75) is 64.2 Å². The molecular weight excluding hydrogens is 412 g/mol. The number of hydrogen-bond acceptors (Lipinski definition) is 6. The first-order valence-electron chi connectivity index (χ1n) is 11.0. The third-order valence-corrected chi connectivity index (χ3v) is 6.94. The van der Waals surface area contributed by atoms with Gasteiger partial charge in [0.2, 0.25) is 5.91 Å². The Morgan fingerprint density at radius 2 is 1.97 bits per heavy atom. The predicted octanol–water partition coefficient (Wildman–Crippen LogP) is 3.47. The molecule has 0 aliphatic heterocycles. The molecule has 0 spiro atoms. The van der Waals surface area contributed by atoms with E-state index >= 15 is 0 Å². The van der Waals surface area contributed by atoms with Crippen molar-refractivity contribution in [3.8, 4) is 0 Å². The van der Waals surface area contributed by atoms with Crippen molar-refractivity contribution in [1.29, 1.82) is 0 Å². The molecule has 0 radical (unpaired) electrons. The van der Waals surface area contributed by atoms with E-state index in [0.717, 1.165) is 18.4 Å². The fraction of sp³-hybridized carbons (Fsp3) is 0.565. The van der Waals surface area contributed by atoms with Crippen molar-refractivity contribution >= 4 is 23.6 Å². The normalized spacial score (nSPS) is 20.9. The van der Waals surface area contributed by atoms with Crippen LogP contribution in [-0.2, 0) is 27.3 Å². The topological polar surface area (TPSA) is 86.1 Å². The highest BCUT2D eigenvalue weighted by molar-refractivity contribution is 7.99. The van der Waals surface area contributed by atoms with E-state index < -0.39 is 0 Å². The van der Waals surface area contributed by atoms with Gasteiger partial charge >= 0.3 is 5.97 Å². The monoisotopic (exact) mass is 444 g/mol. The van der Waals surface area contributed by atoms with E-state index in [4.69, 9.17) is 4.74 Å². The molecule has 1 aromatic carbocycles. The molecule has 0 saturated heterocycles. The number of hydrogen-bond donors (Lipinski definition) is 1. The van der Waals surface area contributed by atoms with E-state index in [1.807, 2.05) is 34.9 Å². The number of carbonyl (C=O) groups excluding carboxylic acids is 2. The lowest BCUT2D eigenvalue weighted by Gasteiger charge is -2.34. The van der Waals surface area contributed by atoms with Gasteiger partial charge in [-0.2, -0.15) is 0 Å². The molecule has 7 nitrogen and oxygen atoms in total. The average Bonchev–Trinajstić information content (AvgIpc) is 3.12. The summed E-state index contributed by atoms with van der Waals surface area (Å²) < 4.78 is 6.97. The molecule has 0 unspecified atom stereocenters. The van der Waals surface area contributed by atoms with Gasteiger partial charge in [-0.25, -0.2) is 0 Å². The van der Waals surface area contributed by atoms with Crippen LogP contribution in [0.3, 0.4) is 0 Å². The van der Waals surface area contributed by atoms with E-state index in [0.29, 0.717) is 36.0 Å². The number of thioether (sulfide) groups is 1. The molecule has 31 heavy (non-hydrogen) atoms. The SMILES string of the molecule is CCOC(=O)Cc1nnc(SCC(=O)N[C@@H]2CCC[C@@H](C)[C@H]2C)n1Cc1ccccc1. The number of benzene rings is 1. The van der Waals surface area contributed by atoms with Crippen molar-refractivity contribution in [3.05, 3.63) is 41.7 Å². The van der Waals surface area contributed by atoms with E-state index in [1.54, 1.807) is 6.92 Å². The van der Waals surface area contributed by atoms with Crippen LogP contribution < -0.4 is 5.32 Å². The maximum Gasteiger partial charge on any atom is 0.313 e. The standard InChI is InChI=1S/C23H32N4O3S/c1-4-30-22(29)13-20-25-26-23(27(20)14-18-10-6-5-7-11-18)31-15-21(28)24-19-12-8-9-16(2)17(19)3/h5-7,10-11,16-17,19H,4,8-9,12-15H2,1-3H3,(H,24,28)/t16-,17-,19-/m1/s1. The molecule has 1 heterocycles. The van der Waals surface area contributed by atoms with Crippen molar-refractivity contribution < 1.29 is 14.3 Å². The second kappa shape index (κ2) is 11.3. The van der Waals surface area contributed by atoms with Crippen LogP contribution in [0, 0.1) is 11.8 Å². The minimum Gasteiger partial charge on any atom is -0.466 e. The molecule has 1 aromatic heterocycles. The van der Waals surface area contributed by atoms with Gasteiger partial charge in [-0.3, -0.25) is 9.59 Å². The lowest BCUT2D eigenvalue weighted by molar-refractivity contribution is -0.142. The lowest BCUT2D eigenvalue weighted by Crippen LogP contribution is -2.44. The van der Waals surface area contributed by atoms with Crippen LogP contribution in [0.4, 0.5) is 0 Å². The van der Waals surface area contributed by atoms with Gasteiger partial charge in [0.1, 0.15) is 12.2 Å². The Morgan fingerprint density at radius 3 is 2.71 bits per heavy atom. The van der Waals surface area contributed by atoms with Gasteiger partial charge in [0.25, 0.3) is 0 Å². The summed E-state index contributed by atoms with van der Waals surface area (Å²) in [6.45, 7) is 7.12. The zero-order chi connectivity index (χ0) is 22.2. The number of ether oxygens (including phenoxy) is 1. The fourth-order valence-corrected chi connectivity index (χ4v) is 4.75. The van der Waals surface area contributed by atoms with Gasteiger partial charge in [0.05, 0.1) is 18.9 Å². The van der Waals surface area contributed by atoms with Crippen LogP contribution >= 0.6 is 11.8 Å². The summed E-state index contributed by atoms with van der Waals surface area (Å²) in [7, 11) is 0. The largest absolute Gasteiger partial charge is 0.466 e. The summed E-state index contributed by atoms with van der Waals surface area (Å²) >= 11 is 1.35. The molecule has 1 aliphatic carbocycles. The lowest BCUT2D eigenvalue weighted by atomic mass is 9.78. The molecule has 0 bridgehead atoms. The number of esters is 1. The molecule has 3 rings (SSSR count). The van der Waals surface area contributed by atoms with Crippen LogP contribution in [0.2, 0.25) is 0 Å². The number of rotatable bonds is 9. The second-order valence-corrected chi connectivity index (χ2v) is 9.12. The Labute approximate surface area is 188 Å². The highest BCUT2D eigenvalue weighted by Gasteiger charge is 2.28. The zero-order valence-corrected chi connectivity index (χ0v) is 19.4. The summed E-state index contributed by atoms with van der Waals surface area (Å²) in [5.41, 5.74) is 1.07. The summed E-state index contributed by atoms with van der Waals surface area (Å²) in [5, 5.41) is 12.3. The van der Waals surface area contributed by atoms with Crippen molar-refractivity contribution in [2.24, 2.45) is 11.8 Å². The Bertz CT molecular complexity index is 871. The summed E-state index contributed by atoms with van der Waals surface area (Å²) in [6, 6.07) is 10.2. The van der Waals surface area contributed by atoms with E-state index in [9.17, 15) is 9.59 Å². The molecule has 3 atom stereocenters. The predicted molar refractivity (Wildman–Crippen MR) is 121 cm³/mol. The van der Waals surface area contributed by atoms with Crippen molar-refractivity contribution in [3.63, 3.8) is 0 Å². The Balaban J connectivity index is 1.67. The minimum absolute atomic E-state index is 0.0113. The van der Waals surface area contributed by atoms with Gasteiger partial charge < -0.3 is 14.6 Å². The molecule has 1 N–H and O–H groups in total. The van der Waals surface area contributed by atoms with E-state index in [-0.39, 0.29) is 30.1 Å². The molecule has 1 fully saturated rings. The van der Waals surface area contributed by atoms with Crippen LogP contribution in [0.1, 0.15) is 51.4 Å². The molecule has 1 saturated carbocycles. The number of nitrogens with zero attached hydrogens (tertiary/aromatic N) is 3. The highest BCUT2D eigenvalue weighted by atomic mass is 32.2. The molecule has 168 valence electrons. The molecule has 1 aliphatic rings. The van der Waals surface area contributed by atoms with Crippen LogP contribution in [0.15, 0.2) is 35.5 Å². The molecular formula is C23H32N4O3S. The fourth-order valence-electron chi connectivity index (χ4n) is 3.99. The third-order valence-electron chi connectivity index (χ3n) is 5.97. The maximum absolute atomic E-state index is 12.6. The first-order chi connectivity index (χ1) is 15.0. The Morgan fingerprint density at radius 1 is 1.19 bits per heavy atom. The van der Waals surface area contributed by atoms with Gasteiger partial charge in [-0.1, -0.05) is 68.8 Å². The Hall–Kier alpha value is -2.35. The smallest absolute Gasteiger partial charge is 0.313 e. The van der Waals surface area contributed by atoms with E-state index in [1.165, 1.54) is 18.2 Å². The first-order valence-corrected chi connectivity index (χ1v) is 12.0. The number of aromatic nitrogens is 3. The van der Waals surface area contributed by atoms with Crippen molar-refractivity contribution in [1.82, 2.24) is 20.1 Å². The van der Waals surface area contributed by atoms with Crippen LogP contribution in [0.25, 0.3) is 0 Å². The Kier molecular flexibility index (Phi) is 8.51.